The molecule has 140 valence electrons. The highest BCUT2D eigenvalue weighted by Crippen LogP contribution is 2.30. The molecule has 1 atom stereocenters. The smallest absolute Gasteiger partial charge is 0.434 e. The van der Waals surface area contributed by atoms with Crippen molar-refractivity contribution in [3.05, 3.63) is 35.4 Å². The fourth-order valence-corrected chi connectivity index (χ4v) is 3.04. The molecular weight excluding hydrogens is 318 g/mol. The monoisotopic (exact) mass is 349 g/mol. The average molecular weight is 349 g/mol. The van der Waals surface area contributed by atoms with E-state index in [4.69, 9.17) is 9.47 Å². The molecule has 0 bridgehead atoms. The maximum atomic E-state index is 12.8. The van der Waals surface area contributed by atoms with Crippen LogP contribution in [-0.2, 0) is 26.2 Å². The van der Waals surface area contributed by atoms with Gasteiger partial charge in [-0.3, -0.25) is 4.90 Å². The summed E-state index contributed by atoms with van der Waals surface area (Å²) in [6, 6.07) is 7.97. The fraction of sp³-hybridized carbons (Fsp3) is 0.600. The normalized spacial score (nSPS) is 13.6. The number of carbonyl (C=O) groups excluding carboxylic acids is 2. The molecule has 0 saturated carbocycles. The van der Waals surface area contributed by atoms with Crippen LogP contribution in [0.15, 0.2) is 24.3 Å². The molecule has 0 radical (unpaired) electrons. The molecule has 0 aromatic heterocycles. The quantitative estimate of drug-likeness (QED) is 0.521. The predicted octanol–water partition coefficient (Wildman–Crippen LogP) is 4.14. The van der Waals surface area contributed by atoms with E-state index in [0.29, 0.717) is 19.0 Å². The SMILES string of the molecule is CCOC(=O)OC(=O)C(C)(c1ccc(CC(C)C)cc1)N(CC)CC. The third kappa shape index (κ3) is 5.30. The van der Waals surface area contributed by atoms with Crippen LogP contribution >= 0.6 is 0 Å². The van der Waals surface area contributed by atoms with Gasteiger partial charge in [0.1, 0.15) is 5.54 Å². The van der Waals surface area contributed by atoms with Crippen LogP contribution in [0.4, 0.5) is 4.79 Å². The van der Waals surface area contributed by atoms with E-state index in [1.54, 1.807) is 13.8 Å². The Kier molecular flexibility index (Phi) is 8.10. The van der Waals surface area contributed by atoms with Gasteiger partial charge in [-0.1, -0.05) is 52.0 Å². The van der Waals surface area contributed by atoms with Crippen LogP contribution in [0.25, 0.3) is 0 Å². The number of esters is 1. The summed E-state index contributed by atoms with van der Waals surface area (Å²) in [5, 5.41) is 0. The summed E-state index contributed by atoms with van der Waals surface area (Å²) in [5.74, 6) is -0.0555. The van der Waals surface area contributed by atoms with Gasteiger partial charge in [0.05, 0.1) is 6.61 Å². The zero-order chi connectivity index (χ0) is 19.0. The first-order valence-electron chi connectivity index (χ1n) is 9.02. The number of benzene rings is 1. The highest BCUT2D eigenvalue weighted by Gasteiger charge is 2.42. The predicted molar refractivity (Wildman–Crippen MR) is 98.4 cm³/mol. The van der Waals surface area contributed by atoms with Gasteiger partial charge >= 0.3 is 12.1 Å². The van der Waals surface area contributed by atoms with Gasteiger partial charge in [-0.25, -0.2) is 9.59 Å². The average Bonchev–Trinajstić information content (AvgIpc) is 2.55. The number of hydrogen-bond acceptors (Lipinski definition) is 5. The van der Waals surface area contributed by atoms with E-state index < -0.39 is 17.7 Å². The molecule has 1 rings (SSSR count). The van der Waals surface area contributed by atoms with Gasteiger partial charge in [0.2, 0.25) is 0 Å². The maximum absolute atomic E-state index is 12.8. The molecule has 0 heterocycles. The zero-order valence-electron chi connectivity index (χ0n) is 16.3. The first-order valence-corrected chi connectivity index (χ1v) is 9.02. The molecule has 0 spiro atoms. The highest BCUT2D eigenvalue weighted by atomic mass is 16.7. The third-order valence-electron chi connectivity index (χ3n) is 4.39. The summed E-state index contributed by atoms with van der Waals surface area (Å²) >= 11 is 0. The Labute approximate surface area is 151 Å². The number of nitrogens with zero attached hydrogens (tertiary/aromatic N) is 1. The summed E-state index contributed by atoms with van der Waals surface area (Å²) in [6.45, 7) is 13.2. The van der Waals surface area contributed by atoms with Crippen LogP contribution in [-0.4, -0.2) is 36.7 Å². The van der Waals surface area contributed by atoms with E-state index in [1.807, 2.05) is 43.0 Å². The Morgan fingerprint density at radius 3 is 2.08 bits per heavy atom. The molecule has 1 aromatic carbocycles. The third-order valence-corrected chi connectivity index (χ3v) is 4.39. The molecule has 0 aliphatic heterocycles. The number of rotatable bonds is 8. The van der Waals surface area contributed by atoms with E-state index in [0.717, 1.165) is 12.0 Å². The Morgan fingerprint density at radius 1 is 1.08 bits per heavy atom. The summed E-state index contributed by atoms with van der Waals surface area (Å²) in [5.41, 5.74) is 0.976. The van der Waals surface area contributed by atoms with E-state index in [-0.39, 0.29) is 6.61 Å². The summed E-state index contributed by atoms with van der Waals surface area (Å²) in [4.78, 5) is 26.4. The van der Waals surface area contributed by atoms with Gasteiger partial charge in [0.15, 0.2) is 0 Å². The van der Waals surface area contributed by atoms with Crippen molar-refractivity contribution in [1.82, 2.24) is 4.90 Å². The van der Waals surface area contributed by atoms with Crippen LogP contribution in [0, 0.1) is 5.92 Å². The van der Waals surface area contributed by atoms with Crippen molar-refractivity contribution in [3.8, 4) is 0 Å². The molecule has 0 N–H and O–H groups in total. The zero-order valence-corrected chi connectivity index (χ0v) is 16.3. The van der Waals surface area contributed by atoms with Crippen LogP contribution in [0.2, 0.25) is 0 Å². The first kappa shape index (κ1) is 21.2. The Morgan fingerprint density at radius 2 is 1.64 bits per heavy atom. The summed E-state index contributed by atoms with van der Waals surface area (Å²) < 4.78 is 9.70. The van der Waals surface area contributed by atoms with Crippen molar-refractivity contribution in [3.63, 3.8) is 0 Å². The molecule has 5 nitrogen and oxygen atoms in total. The lowest BCUT2D eigenvalue weighted by atomic mass is 9.88. The molecule has 0 aliphatic rings. The van der Waals surface area contributed by atoms with E-state index in [9.17, 15) is 9.59 Å². The molecule has 0 amide bonds. The lowest BCUT2D eigenvalue weighted by molar-refractivity contribution is -0.153. The second-order valence-corrected chi connectivity index (χ2v) is 6.61. The molecule has 5 heteroatoms. The second kappa shape index (κ2) is 9.56. The number of likely N-dealkylation sites (N-methyl/N-ethyl adjacent to an activating group) is 1. The Bertz CT molecular complexity index is 564. The lowest BCUT2D eigenvalue weighted by Crippen LogP contribution is -2.51. The molecule has 1 unspecified atom stereocenters. The number of carbonyl (C=O) groups is 2. The molecular formula is C20H31NO4. The number of hydrogen-bond donors (Lipinski definition) is 0. The van der Waals surface area contributed by atoms with Crippen LogP contribution in [0.1, 0.15) is 52.7 Å². The van der Waals surface area contributed by atoms with Crippen molar-refractivity contribution >= 4 is 12.1 Å². The Hall–Kier alpha value is -1.88. The van der Waals surface area contributed by atoms with E-state index >= 15 is 0 Å². The van der Waals surface area contributed by atoms with Crippen molar-refractivity contribution in [2.45, 2.75) is 53.5 Å². The van der Waals surface area contributed by atoms with Crippen molar-refractivity contribution in [2.24, 2.45) is 5.92 Å². The van der Waals surface area contributed by atoms with Gasteiger partial charge in [-0.2, -0.15) is 0 Å². The topological polar surface area (TPSA) is 55.8 Å². The van der Waals surface area contributed by atoms with E-state index in [1.165, 1.54) is 5.56 Å². The lowest BCUT2D eigenvalue weighted by Gasteiger charge is -2.38. The molecule has 0 fully saturated rings. The van der Waals surface area contributed by atoms with Crippen molar-refractivity contribution < 1.29 is 19.1 Å². The summed E-state index contributed by atoms with van der Waals surface area (Å²) in [6.07, 6.45) is 0.0255. The van der Waals surface area contributed by atoms with Gasteiger partial charge in [-0.15, -0.1) is 0 Å². The first-order chi connectivity index (χ1) is 11.8. The maximum Gasteiger partial charge on any atom is 0.516 e. The fourth-order valence-electron chi connectivity index (χ4n) is 3.04. The van der Waals surface area contributed by atoms with Gasteiger partial charge in [0.25, 0.3) is 0 Å². The second-order valence-electron chi connectivity index (χ2n) is 6.61. The van der Waals surface area contributed by atoms with Gasteiger partial charge in [0, 0.05) is 0 Å². The van der Waals surface area contributed by atoms with Crippen molar-refractivity contribution in [2.75, 3.05) is 19.7 Å². The Balaban J connectivity index is 3.18. The van der Waals surface area contributed by atoms with Crippen LogP contribution in [0.5, 0.6) is 0 Å². The standard InChI is InChI=1S/C20H31NO4/c1-7-21(8-2)20(6,18(22)25-19(23)24-9-3)17-12-10-16(11-13-17)14-15(4)5/h10-13,15H,7-9,14H2,1-6H3. The molecule has 1 aromatic rings. The highest BCUT2D eigenvalue weighted by molar-refractivity contribution is 5.89. The van der Waals surface area contributed by atoms with Crippen molar-refractivity contribution in [1.29, 1.82) is 0 Å². The molecule has 0 saturated heterocycles. The largest absolute Gasteiger partial charge is 0.516 e. The molecule has 0 aliphatic carbocycles. The minimum Gasteiger partial charge on any atom is -0.434 e. The van der Waals surface area contributed by atoms with Crippen LogP contribution in [0.3, 0.4) is 0 Å². The van der Waals surface area contributed by atoms with Gasteiger partial charge < -0.3 is 9.47 Å². The van der Waals surface area contributed by atoms with E-state index in [2.05, 4.69) is 13.8 Å². The number of ether oxygens (including phenoxy) is 2. The summed E-state index contributed by atoms with van der Waals surface area (Å²) in [7, 11) is 0. The molecule has 25 heavy (non-hydrogen) atoms. The van der Waals surface area contributed by atoms with Gasteiger partial charge in [-0.05, 0) is 50.4 Å². The minimum absolute atomic E-state index is 0.165. The van der Waals surface area contributed by atoms with Crippen LogP contribution < -0.4 is 0 Å². The minimum atomic E-state index is -1.05.